The van der Waals surface area contributed by atoms with Gasteiger partial charge in [0.05, 0.1) is 24.4 Å². The Morgan fingerprint density at radius 3 is 2.48 bits per heavy atom. The molecule has 0 saturated carbocycles. The molecule has 0 fully saturated rings. The van der Waals surface area contributed by atoms with Crippen molar-refractivity contribution in [2.45, 2.75) is 20.3 Å². The van der Waals surface area contributed by atoms with Gasteiger partial charge < -0.3 is 15.8 Å². The maximum absolute atomic E-state index is 12.1. The zero-order valence-corrected chi connectivity index (χ0v) is 14.4. The summed E-state index contributed by atoms with van der Waals surface area (Å²) in [5, 5.41) is 2.68. The van der Waals surface area contributed by atoms with Crippen molar-refractivity contribution < 1.29 is 14.3 Å². The fourth-order valence-electron chi connectivity index (χ4n) is 2.26. The molecule has 3 N–H and O–H groups in total. The lowest BCUT2D eigenvalue weighted by Crippen LogP contribution is -2.37. The molecular formula is C18H22N4O3. The maximum Gasteiger partial charge on any atom is 0.271 e. The van der Waals surface area contributed by atoms with Gasteiger partial charge in [0.25, 0.3) is 5.91 Å². The Morgan fingerprint density at radius 2 is 1.92 bits per heavy atom. The number of amides is 2. The molecule has 0 saturated heterocycles. The van der Waals surface area contributed by atoms with Gasteiger partial charge in [0.15, 0.2) is 0 Å². The third kappa shape index (κ3) is 5.56. The van der Waals surface area contributed by atoms with Gasteiger partial charge in [-0.2, -0.15) is 0 Å². The lowest BCUT2D eigenvalue weighted by Gasteiger charge is -2.14. The molecule has 2 rings (SSSR count). The molecule has 0 aliphatic rings. The van der Waals surface area contributed by atoms with Gasteiger partial charge >= 0.3 is 0 Å². The summed E-state index contributed by atoms with van der Waals surface area (Å²) in [5.74, 6) is -0.594. The second kappa shape index (κ2) is 8.77. The fourth-order valence-corrected chi connectivity index (χ4v) is 2.26. The molecule has 0 bridgehead atoms. The summed E-state index contributed by atoms with van der Waals surface area (Å²) in [6.07, 6.45) is 3.35. The Bertz CT molecular complexity index is 714. The Kier molecular flexibility index (Phi) is 6.45. The Labute approximate surface area is 146 Å². The average Bonchev–Trinajstić information content (AvgIpc) is 2.60. The molecule has 0 spiro atoms. The molecule has 0 radical (unpaired) electrons. The van der Waals surface area contributed by atoms with Crippen molar-refractivity contribution in [1.29, 1.82) is 0 Å². The van der Waals surface area contributed by atoms with E-state index in [2.05, 4.69) is 15.3 Å². The number of primary amides is 1. The number of nitrogens with zero attached hydrogens (tertiary/aromatic N) is 2. The number of hydrogen-bond acceptors (Lipinski definition) is 5. The van der Waals surface area contributed by atoms with E-state index < -0.39 is 11.8 Å². The number of benzene rings is 1. The van der Waals surface area contributed by atoms with E-state index in [1.807, 2.05) is 31.2 Å². The smallest absolute Gasteiger partial charge is 0.271 e. The Morgan fingerprint density at radius 1 is 1.20 bits per heavy atom. The van der Waals surface area contributed by atoms with Gasteiger partial charge in [-0.3, -0.25) is 14.6 Å². The first-order valence-corrected chi connectivity index (χ1v) is 8.07. The molecule has 132 valence electrons. The van der Waals surface area contributed by atoms with Gasteiger partial charge in [-0.1, -0.05) is 12.1 Å². The minimum Gasteiger partial charge on any atom is -0.494 e. The molecule has 0 aliphatic carbocycles. The second-order valence-corrected chi connectivity index (χ2v) is 5.63. The highest BCUT2D eigenvalue weighted by molar-refractivity contribution is 5.92. The summed E-state index contributed by atoms with van der Waals surface area (Å²) in [7, 11) is 0. The molecule has 1 aromatic heterocycles. The normalized spacial score (nSPS) is 11.6. The van der Waals surface area contributed by atoms with Crippen molar-refractivity contribution in [2.75, 3.05) is 13.2 Å². The number of ether oxygens (including phenoxy) is 1. The van der Waals surface area contributed by atoms with Crippen molar-refractivity contribution in [3.63, 3.8) is 0 Å². The van der Waals surface area contributed by atoms with E-state index in [9.17, 15) is 9.59 Å². The summed E-state index contributed by atoms with van der Waals surface area (Å²) < 4.78 is 5.39. The van der Waals surface area contributed by atoms with E-state index in [1.165, 1.54) is 12.4 Å². The molecule has 7 heteroatoms. The zero-order chi connectivity index (χ0) is 18.2. The van der Waals surface area contributed by atoms with Crippen molar-refractivity contribution in [2.24, 2.45) is 11.7 Å². The van der Waals surface area contributed by atoms with Gasteiger partial charge in [-0.15, -0.1) is 0 Å². The number of nitrogens with two attached hydrogens (primary N) is 1. The standard InChI is InChI=1S/C18H22N4O3/c1-3-25-15-6-4-13(5-7-15)8-14(17(19)23)10-22-18(24)16-11-20-12(2)9-21-16/h4-7,9,11,14H,3,8,10H2,1-2H3,(H2,19,23)(H,22,24)/t14-/m0/s1. The number of nitrogens with one attached hydrogen (secondary N) is 1. The van der Waals surface area contributed by atoms with Crippen molar-refractivity contribution in [3.8, 4) is 5.75 Å². The molecular weight excluding hydrogens is 320 g/mol. The van der Waals surface area contributed by atoms with Crippen LogP contribution in [-0.4, -0.2) is 34.9 Å². The van der Waals surface area contributed by atoms with Crippen LogP contribution in [0.3, 0.4) is 0 Å². The van der Waals surface area contributed by atoms with Crippen LogP contribution in [0.15, 0.2) is 36.7 Å². The molecule has 0 unspecified atom stereocenters. The van der Waals surface area contributed by atoms with E-state index in [0.29, 0.717) is 13.0 Å². The third-order valence-corrected chi connectivity index (χ3v) is 3.64. The number of carbonyl (C=O) groups is 2. The number of carbonyl (C=O) groups excluding carboxylic acids is 2. The van der Waals surface area contributed by atoms with Crippen LogP contribution in [-0.2, 0) is 11.2 Å². The first-order chi connectivity index (χ1) is 12.0. The summed E-state index contributed by atoms with van der Waals surface area (Å²) in [6.45, 7) is 4.43. The van der Waals surface area contributed by atoms with Crippen LogP contribution in [0, 0.1) is 12.8 Å². The molecule has 1 heterocycles. The third-order valence-electron chi connectivity index (χ3n) is 3.64. The number of aromatic nitrogens is 2. The first kappa shape index (κ1) is 18.4. The average molecular weight is 342 g/mol. The van der Waals surface area contributed by atoms with Crippen molar-refractivity contribution >= 4 is 11.8 Å². The van der Waals surface area contributed by atoms with Crippen LogP contribution in [0.2, 0.25) is 0 Å². The van der Waals surface area contributed by atoms with Gasteiger partial charge in [0.2, 0.25) is 5.91 Å². The van der Waals surface area contributed by atoms with E-state index in [0.717, 1.165) is 17.0 Å². The van der Waals surface area contributed by atoms with Crippen LogP contribution < -0.4 is 15.8 Å². The topological polar surface area (TPSA) is 107 Å². The van der Waals surface area contributed by atoms with Crippen LogP contribution >= 0.6 is 0 Å². The van der Waals surface area contributed by atoms with E-state index in [1.54, 1.807) is 6.92 Å². The van der Waals surface area contributed by atoms with Crippen molar-refractivity contribution in [1.82, 2.24) is 15.3 Å². The quantitative estimate of drug-likeness (QED) is 0.751. The fraction of sp³-hybridized carbons (Fsp3) is 0.333. The number of aryl methyl sites for hydroxylation is 1. The van der Waals surface area contributed by atoms with Crippen LogP contribution in [0.25, 0.3) is 0 Å². The highest BCUT2D eigenvalue weighted by Gasteiger charge is 2.18. The largest absolute Gasteiger partial charge is 0.494 e. The highest BCUT2D eigenvalue weighted by Crippen LogP contribution is 2.15. The van der Waals surface area contributed by atoms with Gasteiger partial charge in [-0.05, 0) is 38.0 Å². The lowest BCUT2D eigenvalue weighted by atomic mass is 9.98. The van der Waals surface area contributed by atoms with Crippen molar-refractivity contribution in [3.05, 3.63) is 53.6 Å². The number of hydrogen-bond donors (Lipinski definition) is 2. The second-order valence-electron chi connectivity index (χ2n) is 5.63. The lowest BCUT2D eigenvalue weighted by molar-refractivity contribution is -0.121. The van der Waals surface area contributed by atoms with Crippen LogP contribution in [0.5, 0.6) is 5.75 Å². The van der Waals surface area contributed by atoms with E-state index in [4.69, 9.17) is 10.5 Å². The summed E-state index contributed by atoms with van der Waals surface area (Å²) in [6, 6.07) is 7.46. The van der Waals surface area contributed by atoms with Gasteiger partial charge in [0, 0.05) is 12.7 Å². The molecule has 1 aromatic carbocycles. The van der Waals surface area contributed by atoms with Crippen LogP contribution in [0.4, 0.5) is 0 Å². The monoisotopic (exact) mass is 342 g/mol. The predicted molar refractivity (Wildman–Crippen MR) is 93.1 cm³/mol. The molecule has 25 heavy (non-hydrogen) atoms. The Balaban J connectivity index is 1.95. The SMILES string of the molecule is CCOc1ccc(C[C@@H](CNC(=O)c2cnc(C)cn2)C(N)=O)cc1. The minimum absolute atomic E-state index is 0.136. The number of rotatable bonds is 8. The summed E-state index contributed by atoms with van der Waals surface area (Å²) in [4.78, 5) is 31.8. The summed E-state index contributed by atoms with van der Waals surface area (Å²) >= 11 is 0. The van der Waals surface area contributed by atoms with E-state index in [-0.39, 0.29) is 18.1 Å². The molecule has 1 atom stereocenters. The van der Waals surface area contributed by atoms with Gasteiger partial charge in [0.1, 0.15) is 11.4 Å². The predicted octanol–water partition coefficient (Wildman–Crippen LogP) is 1.26. The molecule has 2 aromatic rings. The minimum atomic E-state index is -0.514. The van der Waals surface area contributed by atoms with E-state index >= 15 is 0 Å². The highest BCUT2D eigenvalue weighted by atomic mass is 16.5. The molecule has 2 amide bonds. The van der Waals surface area contributed by atoms with Gasteiger partial charge in [-0.25, -0.2) is 4.98 Å². The first-order valence-electron chi connectivity index (χ1n) is 8.07. The Hall–Kier alpha value is -2.96. The molecule has 7 nitrogen and oxygen atoms in total. The van der Waals surface area contributed by atoms with Crippen LogP contribution in [0.1, 0.15) is 28.7 Å². The zero-order valence-electron chi connectivity index (χ0n) is 14.4. The molecule has 0 aliphatic heterocycles. The maximum atomic E-state index is 12.1. The summed E-state index contributed by atoms with van der Waals surface area (Å²) in [5.41, 5.74) is 7.33.